The molecule has 0 saturated heterocycles. The summed E-state index contributed by atoms with van der Waals surface area (Å²) in [7, 11) is 0. The van der Waals surface area contributed by atoms with Crippen LogP contribution < -0.4 is 10.5 Å². The molecule has 0 fully saturated rings. The number of hydrogen-bond donors (Lipinski definition) is 2. The predicted molar refractivity (Wildman–Crippen MR) is 92.4 cm³/mol. The lowest BCUT2D eigenvalue weighted by molar-refractivity contribution is -0.926. The first-order valence-corrected chi connectivity index (χ1v) is 8.00. The SMILES string of the molecule is CC[NH+](Cc1ccc(C#N)cc1)Cc1nc2ccccc2c(=O)[nH]1. The third-order valence-electron chi connectivity index (χ3n) is 4.12. The molecule has 1 aromatic heterocycles. The van der Waals surface area contributed by atoms with E-state index in [1.807, 2.05) is 42.5 Å². The Morgan fingerprint density at radius 1 is 1.12 bits per heavy atom. The molecule has 3 aromatic rings. The second kappa shape index (κ2) is 7.07. The van der Waals surface area contributed by atoms with Gasteiger partial charge in [-0.1, -0.05) is 24.3 Å². The van der Waals surface area contributed by atoms with Crippen molar-refractivity contribution in [1.29, 1.82) is 5.26 Å². The molecule has 3 rings (SSSR count). The van der Waals surface area contributed by atoms with E-state index in [4.69, 9.17) is 5.26 Å². The number of nitrogens with zero attached hydrogens (tertiary/aromatic N) is 2. The van der Waals surface area contributed by atoms with Crippen LogP contribution in [-0.2, 0) is 13.1 Å². The van der Waals surface area contributed by atoms with E-state index < -0.39 is 0 Å². The first-order valence-electron chi connectivity index (χ1n) is 8.00. The monoisotopic (exact) mass is 319 g/mol. The second-order valence-corrected chi connectivity index (χ2v) is 5.80. The largest absolute Gasteiger partial charge is 0.325 e. The molecule has 2 aromatic carbocycles. The maximum Gasteiger partial charge on any atom is 0.258 e. The number of hydrogen-bond acceptors (Lipinski definition) is 3. The van der Waals surface area contributed by atoms with Crippen LogP contribution in [0.4, 0.5) is 0 Å². The minimum absolute atomic E-state index is 0.0931. The molecule has 5 nitrogen and oxygen atoms in total. The smallest absolute Gasteiger partial charge is 0.258 e. The highest BCUT2D eigenvalue weighted by Crippen LogP contribution is 2.05. The number of nitriles is 1. The number of para-hydroxylation sites is 1. The number of quaternary nitrogens is 1. The average molecular weight is 319 g/mol. The quantitative estimate of drug-likeness (QED) is 0.746. The second-order valence-electron chi connectivity index (χ2n) is 5.80. The molecule has 5 heteroatoms. The lowest BCUT2D eigenvalue weighted by atomic mass is 10.1. The van der Waals surface area contributed by atoms with Gasteiger partial charge in [-0.2, -0.15) is 5.26 Å². The van der Waals surface area contributed by atoms with Gasteiger partial charge >= 0.3 is 0 Å². The number of H-pyrrole nitrogens is 1. The van der Waals surface area contributed by atoms with Crippen molar-refractivity contribution in [3.05, 3.63) is 75.8 Å². The summed E-state index contributed by atoms with van der Waals surface area (Å²) in [5.41, 5.74) is 2.46. The maximum absolute atomic E-state index is 12.2. The number of aromatic amines is 1. The predicted octanol–water partition coefficient (Wildman–Crippen LogP) is 1.40. The van der Waals surface area contributed by atoms with Crippen molar-refractivity contribution in [1.82, 2.24) is 9.97 Å². The molecule has 24 heavy (non-hydrogen) atoms. The maximum atomic E-state index is 12.2. The third-order valence-corrected chi connectivity index (χ3v) is 4.12. The van der Waals surface area contributed by atoms with Gasteiger partial charge in [-0.15, -0.1) is 0 Å². The Hall–Kier alpha value is -2.97. The van der Waals surface area contributed by atoms with Gasteiger partial charge in [-0.25, -0.2) is 4.98 Å². The highest BCUT2D eigenvalue weighted by atomic mass is 16.1. The molecule has 0 saturated carbocycles. The van der Waals surface area contributed by atoms with Gasteiger partial charge in [-0.05, 0) is 31.2 Å². The van der Waals surface area contributed by atoms with Gasteiger partial charge in [0.1, 0.15) is 13.1 Å². The Morgan fingerprint density at radius 2 is 1.88 bits per heavy atom. The average Bonchev–Trinajstić information content (AvgIpc) is 2.62. The van der Waals surface area contributed by atoms with Gasteiger partial charge in [0.15, 0.2) is 5.82 Å². The van der Waals surface area contributed by atoms with Crippen molar-refractivity contribution in [3.63, 3.8) is 0 Å². The van der Waals surface area contributed by atoms with Crippen molar-refractivity contribution in [2.24, 2.45) is 0 Å². The molecule has 0 radical (unpaired) electrons. The van der Waals surface area contributed by atoms with Crippen LogP contribution in [0.3, 0.4) is 0 Å². The fourth-order valence-corrected chi connectivity index (χ4v) is 2.75. The van der Waals surface area contributed by atoms with E-state index in [9.17, 15) is 4.79 Å². The van der Waals surface area contributed by atoms with E-state index >= 15 is 0 Å². The normalized spacial score (nSPS) is 12.0. The molecular weight excluding hydrogens is 300 g/mol. The zero-order valence-corrected chi connectivity index (χ0v) is 13.5. The van der Waals surface area contributed by atoms with Gasteiger partial charge < -0.3 is 9.88 Å². The summed E-state index contributed by atoms with van der Waals surface area (Å²) < 4.78 is 0. The number of benzene rings is 2. The molecule has 0 bridgehead atoms. The summed E-state index contributed by atoms with van der Waals surface area (Å²) >= 11 is 0. The highest BCUT2D eigenvalue weighted by Gasteiger charge is 2.12. The summed E-state index contributed by atoms with van der Waals surface area (Å²) in [5.74, 6) is 0.698. The van der Waals surface area contributed by atoms with E-state index in [2.05, 4.69) is 23.0 Å². The van der Waals surface area contributed by atoms with Gasteiger partial charge in [0.05, 0.1) is 29.1 Å². The number of fused-ring (bicyclic) bond motifs is 1. The van der Waals surface area contributed by atoms with Gasteiger partial charge in [0.25, 0.3) is 5.56 Å². The van der Waals surface area contributed by atoms with E-state index in [1.54, 1.807) is 6.07 Å². The van der Waals surface area contributed by atoms with Crippen molar-refractivity contribution >= 4 is 10.9 Å². The zero-order chi connectivity index (χ0) is 16.9. The molecule has 1 unspecified atom stereocenters. The minimum atomic E-state index is -0.0931. The van der Waals surface area contributed by atoms with Crippen molar-refractivity contribution in [2.45, 2.75) is 20.0 Å². The summed E-state index contributed by atoms with van der Waals surface area (Å²) in [4.78, 5) is 20.9. The minimum Gasteiger partial charge on any atom is -0.325 e. The van der Waals surface area contributed by atoms with Crippen LogP contribution >= 0.6 is 0 Å². The molecule has 0 spiro atoms. The number of aromatic nitrogens is 2. The molecule has 0 aliphatic rings. The molecule has 0 amide bonds. The third kappa shape index (κ3) is 3.50. The first-order chi connectivity index (χ1) is 11.7. The van der Waals surface area contributed by atoms with Gasteiger partial charge in [0, 0.05) is 5.56 Å². The molecule has 1 heterocycles. The van der Waals surface area contributed by atoms with Crippen molar-refractivity contribution < 1.29 is 4.90 Å². The fourth-order valence-electron chi connectivity index (χ4n) is 2.75. The van der Waals surface area contributed by atoms with E-state index in [1.165, 1.54) is 4.90 Å². The Labute approximate surface area is 140 Å². The number of rotatable bonds is 5. The van der Waals surface area contributed by atoms with Crippen LogP contribution in [-0.4, -0.2) is 16.5 Å². The van der Waals surface area contributed by atoms with Gasteiger partial charge in [0.2, 0.25) is 0 Å². The Morgan fingerprint density at radius 3 is 2.58 bits per heavy atom. The standard InChI is InChI=1S/C19H18N4O/c1-2-23(12-15-9-7-14(11-20)8-10-15)13-18-21-17-6-4-3-5-16(17)19(24)22-18/h3-10H,2,12-13H2,1H3,(H,21,22,24)/p+1. The summed E-state index contributed by atoms with van der Waals surface area (Å²) in [6.45, 7) is 4.49. The lowest BCUT2D eigenvalue weighted by Gasteiger charge is -2.17. The van der Waals surface area contributed by atoms with Crippen LogP contribution in [0.1, 0.15) is 23.9 Å². The summed E-state index contributed by atoms with van der Waals surface area (Å²) in [6.07, 6.45) is 0. The van der Waals surface area contributed by atoms with Crippen LogP contribution in [0.25, 0.3) is 10.9 Å². The molecule has 0 aliphatic carbocycles. The van der Waals surface area contributed by atoms with E-state index in [0.717, 1.165) is 24.2 Å². The van der Waals surface area contributed by atoms with Crippen LogP contribution in [0.15, 0.2) is 53.3 Å². The molecule has 120 valence electrons. The number of nitrogens with one attached hydrogen (secondary N) is 2. The molecule has 2 N–H and O–H groups in total. The van der Waals surface area contributed by atoms with Crippen molar-refractivity contribution in [3.8, 4) is 6.07 Å². The summed E-state index contributed by atoms with van der Waals surface area (Å²) in [5, 5.41) is 9.48. The molecule has 0 aliphatic heterocycles. The topological polar surface area (TPSA) is 74.0 Å². The van der Waals surface area contributed by atoms with Crippen LogP contribution in [0.2, 0.25) is 0 Å². The molecule has 1 atom stereocenters. The lowest BCUT2D eigenvalue weighted by Crippen LogP contribution is -3.09. The van der Waals surface area contributed by atoms with Crippen molar-refractivity contribution in [2.75, 3.05) is 6.54 Å². The fraction of sp³-hybridized carbons (Fsp3) is 0.211. The van der Waals surface area contributed by atoms with E-state index in [0.29, 0.717) is 23.3 Å². The van der Waals surface area contributed by atoms with Gasteiger partial charge in [-0.3, -0.25) is 4.79 Å². The van der Waals surface area contributed by atoms with Crippen LogP contribution in [0.5, 0.6) is 0 Å². The summed E-state index contributed by atoms with van der Waals surface area (Å²) in [6, 6.07) is 17.1. The highest BCUT2D eigenvalue weighted by molar-refractivity contribution is 5.77. The first kappa shape index (κ1) is 15.9. The Kier molecular flexibility index (Phi) is 4.69. The Bertz CT molecular complexity index is 938. The molecular formula is C19H19N4O+. The zero-order valence-electron chi connectivity index (χ0n) is 13.5. The Balaban J connectivity index is 1.79. The van der Waals surface area contributed by atoms with E-state index in [-0.39, 0.29) is 5.56 Å². The van der Waals surface area contributed by atoms with Crippen LogP contribution in [0, 0.1) is 11.3 Å².